The fraction of sp³-hybridized carbons (Fsp3) is 0. The zero-order valence-corrected chi connectivity index (χ0v) is 13.7. The van der Waals surface area contributed by atoms with Crippen LogP contribution in [0.1, 0.15) is 16.1 Å². The van der Waals surface area contributed by atoms with E-state index in [1.54, 1.807) is 18.2 Å². The first-order valence-electron chi connectivity index (χ1n) is 7.01. The van der Waals surface area contributed by atoms with Crippen molar-refractivity contribution in [2.24, 2.45) is 0 Å². The standard InChI is InChI=1S/C19H13ClO2S/c20-15-8-10-16(11-9-15)23-19(14-5-2-1-3-6-14)13-17(21)18-7-4-12-22-18/h1-13H/b19-13-. The third-order valence-corrected chi connectivity index (χ3v) is 4.46. The Hall–Kier alpha value is -2.23. The van der Waals surface area contributed by atoms with Gasteiger partial charge in [0.25, 0.3) is 0 Å². The Labute approximate surface area is 143 Å². The minimum Gasteiger partial charge on any atom is -0.461 e. The Morgan fingerprint density at radius 2 is 1.70 bits per heavy atom. The van der Waals surface area contributed by atoms with Crippen molar-refractivity contribution in [1.82, 2.24) is 0 Å². The molecule has 0 saturated heterocycles. The van der Waals surface area contributed by atoms with Gasteiger partial charge >= 0.3 is 0 Å². The average Bonchev–Trinajstić information content (AvgIpc) is 3.12. The summed E-state index contributed by atoms with van der Waals surface area (Å²) in [6.45, 7) is 0. The highest BCUT2D eigenvalue weighted by atomic mass is 35.5. The number of allylic oxidation sites excluding steroid dienone is 1. The molecule has 0 aliphatic carbocycles. The quantitative estimate of drug-likeness (QED) is 0.326. The van der Waals surface area contributed by atoms with Crippen molar-refractivity contribution in [2.45, 2.75) is 4.90 Å². The fourth-order valence-electron chi connectivity index (χ4n) is 2.01. The lowest BCUT2D eigenvalue weighted by atomic mass is 10.2. The van der Waals surface area contributed by atoms with Crippen LogP contribution in [0.3, 0.4) is 0 Å². The van der Waals surface area contributed by atoms with Crippen molar-refractivity contribution < 1.29 is 9.21 Å². The fourth-order valence-corrected chi connectivity index (χ4v) is 3.08. The van der Waals surface area contributed by atoms with Crippen LogP contribution < -0.4 is 0 Å². The van der Waals surface area contributed by atoms with Gasteiger partial charge in [0.05, 0.1) is 6.26 Å². The molecule has 3 aromatic rings. The second-order valence-electron chi connectivity index (χ2n) is 4.77. The Kier molecular flexibility index (Phi) is 5.01. The predicted octanol–water partition coefficient (Wildman–Crippen LogP) is 5.95. The van der Waals surface area contributed by atoms with Crippen LogP contribution in [-0.4, -0.2) is 5.78 Å². The van der Waals surface area contributed by atoms with Gasteiger partial charge < -0.3 is 4.42 Å². The number of benzene rings is 2. The summed E-state index contributed by atoms with van der Waals surface area (Å²) in [6.07, 6.45) is 3.10. The van der Waals surface area contributed by atoms with E-state index in [-0.39, 0.29) is 5.78 Å². The SMILES string of the molecule is O=C(/C=C(\Sc1ccc(Cl)cc1)c1ccccc1)c1ccco1. The van der Waals surface area contributed by atoms with Crippen molar-refractivity contribution in [3.05, 3.63) is 95.4 Å². The van der Waals surface area contributed by atoms with Gasteiger partial charge in [0.1, 0.15) is 0 Å². The van der Waals surface area contributed by atoms with Gasteiger partial charge in [0.15, 0.2) is 5.76 Å². The van der Waals surface area contributed by atoms with Crippen LogP contribution >= 0.6 is 23.4 Å². The molecule has 0 radical (unpaired) electrons. The number of hydrogen-bond acceptors (Lipinski definition) is 3. The van der Waals surface area contributed by atoms with Crippen LogP contribution in [0.4, 0.5) is 0 Å². The van der Waals surface area contributed by atoms with Crippen LogP contribution in [0.15, 0.2) is 88.4 Å². The Morgan fingerprint density at radius 3 is 2.35 bits per heavy atom. The summed E-state index contributed by atoms with van der Waals surface area (Å²) in [6, 6.07) is 20.7. The van der Waals surface area contributed by atoms with Gasteiger partial charge in [-0.05, 0) is 42.0 Å². The molecule has 4 heteroatoms. The molecule has 0 saturated carbocycles. The third-order valence-electron chi connectivity index (χ3n) is 3.13. The maximum atomic E-state index is 12.3. The van der Waals surface area contributed by atoms with Gasteiger partial charge in [-0.25, -0.2) is 0 Å². The van der Waals surface area contributed by atoms with Crippen molar-refractivity contribution in [3.8, 4) is 0 Å². The second-order valence-corrected chi connectivity index (χ2v) is 6.32. The van der Waals surface area contributed by atoms with Gasteiger partial charge in [-0.3, -0.25) is 4.79 Å². The molecule has 0 spiro atoms. The largest absolute Gasteiger partial charge is 0.461 e. The van der Waals surface area contributed by atoms with E-state index in [2.05, 4.69) is 0 Å². The number of ketones is 1. The van der Waals surface area contributed by atoms with E-state index >= 15 is 0 Å². The van der Waals surface area contributed by atoms with E-state index in [9.17, 15) is 4.79 Å². The number of hydrogen-bond donors (Lipinski definition) is 0. The van der Waals surface area contributed by atoms with Gasteiger partial charge in [-0.15, -0.1) is 0 Å². The Morgan fingerprint density at radius 1 is 0.957 bits per heavy atom. The van der Waals surface area contributed by atoms with Crippen LogP contribution in [0.2, 0.25) is 5.02 Å². The Bertz CT molecular complexity index is 806. The molecular formula is C19H13ClO2S. The average molecular weight is 341 g/mol. The minimum absolute atomic E-state index is 0.157. The molecule has 3 rings (SSSR count). The zero-order valence-electron chi connectivity index (χ0n) is 12.1. The number of carbonyl (C=O) groups excluding carboxylic acids is 1. The molecule has 1 aromatic heterocycles. The Balaban J connectivity index is 1.94. The lowest BCUT2D eigenvalue weighted by Gasteiger charge is -2.07. The minimum atomic E-state index is -0.157. The number of thioether (sulfide) groups is 1. The van der Waals surface area contributed by atoms with E-state index in [1.807, 2.05) is 54.6 Å². The smallest absolute Gasteiger partial charge is 0.222 e. The molecule has 0 amide bonds. The molecule has 0 N–H and O–H groups in total. The highest BCUT2D eigenvalue weighted by Gasteiger charge is 2.11. The topological polar surface area (TPSA) is 30.2 Å². The molecule has 0 atom stereocenters. The van der Waals surface area contributed by atoms with E-state index in [4.69, 9.17) is 16.0 Å². The summed E-state index contributed by atoms with van der Waals surface area (Å²) in [7, 11) is 0. The van der Waals surface area contributed by atoms with Gasteiger partial charge in [-0.2, -0.15) is 0 Å². The number of halogens is 1. The maximum absolute atomic E-state index is 12.3. The molecule has 114 valence electrons. The van der Waals surface area contributed by atoms with Gasteiger partial charge in [0, 0.05) is 20.9 Å². The highest BCUT2D eigenvalue weighted by Crippen LogP contribution is 2.35. The summed E-state index contributed by atoms with van der Waals surface area (Å²) in [5, 5.41) is 0.686. The monoisotopic (exact) mass is 340 g/mol. The highest BCUT2D eigenvalue weighted by molar-refractivity contribution is 8.08. The number of furan rings is 1. The molecule has 23 heavy (non-hydrogen) atoms. The maximum Gasteiger partial charge on any atom is 0.222 e. The van der Waals surface area contributed by atoms with E-state index in [1.165, 1.54) is 18.0 Å². The van der Waals surface area contributed by atoms with Crippen LogP contribution in [0.5, 0.6) is 0 Å². The van der Waals surface area contributed by atoms with Gasteiger partial charge in [-0.1, -0.05) is 53.7 Å². The predicted molar refractivity (Wildman–Crippen MR) is 94.8 cm³/mol. The zero-order chi connectivity index (χ0) is 16.1. The summed E-state index contributed by atoms with van der Waals surface area (Å²) < 4.78 is 5.18. The lowest BCUT2D eigenvalue weighted by Crippen LogP contribution is -1.93. The van der Waals surface area contributed by atoms with Gasteiger partial charge in [0.2, 0.25) is 5.78 Å². The van der Waals surface area contributed by atoms with Crippen LogP contribution in [-0.2, 0) is 0 Å². The van der Waals surface area contributed by atoms with Crippen LogP contribution in [0, 0.1) is 0 Å². The first-order chi connectivity index (χ1) is 11.2. The van der Waals surface area contributed by atoms with E-state index in [0.717, 1.165) is 15.4 Å². The number of rotatable bonds is 5. The lowest BCUT2D eigenvalue weighted by molar-refractivity contribution is 0.102. The van der Waals surface area contributed by atoms with Crippen LogP contribution in [0.25, 0.3) is 4.91 Å². The van der Waals surface area contributed by atoms with Crippen molar-refractivity contribution in [3.63, 3.8) is 0 Å². The van der Waals surface area contributed by atoms with Crippen molar-refractivity contribution >= 4 is 34.1 Å². The molecule has 2 nitrogen and oxygen atoms in total. The summed E-state index contributed by atoms with van der Waals surface area (Å²) in [5.41, 5.74) is 0.979. The molecule has 0 aliphatic rings. The van der Waals surface area contributed by atoms with E-state index < -0.39 is 0 Å². The molecule has 0 unspecified atom stereocenters. The normalized spacial score (nSPS) is 11.4. The number of carbonyl (C=O) groups is 1. The molecular weight excluding hydrogens is 328 g/mol. The van der Waals surface area contributed by atoms with Crippen molar-refractivity contribution in [2.75, 3.05) is 0 Å². The first kappa shape index (κ1) is 15.7. The second kappa shape index (κ2) is 7.36. The molecule has 0 fully saturated rings. The van der Waals surface area contributed by atoms with Crippen molar-refractivity contribution in [1.29, 1.82) is 0 Å². The van der Waals surface area contributed by atoms with E-state index in [0.29, 0.717) is 10.8 Å². The first-order valence-corrected chi connectivity index (χ1v) is 8.20. The third kappa shape index (κ3) is 4.15. The molecule has 0 bridgehead atoms. The summed E-state index contributed by atoms with van der Waals surface area (Å²) in [5.74, 6) is 0.172. The summed E-state index contributed by atoms with van der Waals surface area (Å²) >= 11 is 7.44. The summed E-state index contributed by atoms with van der Waals surface area (Å²) in [4.78, 5) is 14.2. The molecule has 0 aliphatic heterocycles. The molecule has 2 aromatic carbocycles. The molecule has 1 heterocycles.